The lowest BCUT2D eigenvalue weighted by Gasteiger charge is -2.19. The molecule has 0 spiro atoms. The van der Waals surface area contributed by atoms with Gasteiger partial charge in [0.05, 0.1) is 0 Å². The Bertz CT molecular complexity index is 841. The fraction of sp³-hybridized carbons (Fsp3) is 0.211. The second kappa shape index (κ2) is 8.22. The quantitative estimate of drug-likeness (QED) is 0.764. The molecule has 27 heavy (non-hydrogen) atoms. The number of amides is 3. The summed E-state index contributed by atoms with van der Waals surface area (Å²) in [7, 11) is 0. The first-order chi connectivity index (χ1) is 12.6. The normalized spacial score (nSPS) is 10.6. The summed E-state index contributed by atoms with van der Waals surface area (Å²) in [6, 6.07) is 12.5. The predicted octanol–water partition coefficient (Wildman–Crippen LogP) is 3.04. The van der Waals surface area contributed by atoms with Gasteiger partial charge in [-0.25, -0.2) is 4.79 Å². The summed E-state index contributed by atoms with van der Waals surface area (Å²) in [5.41, 5.74) is 0.935. The van der Waals surface area contributed by atoms with Gasteiger partial charge in [-0.3, -0.25) is 10.1 Å². The van der Waals surface area contributed by atoms with Gasteiger partial charge in [0.25, 0.3) is 5.91 Å². The summed E-state index contributed by atoms with van der Waals surface area (Å²) in [6.07, 6.45) is -2.03. The minimum Gasteiger partial charge on any atom is -0.530 e. The van der Waals surface area contributed by atoms with Crippen molar-refractivity contribution in [3.8, 4) is 0 Å². The molecule has 0 heterocycles. The maximum atomic E-state index is 12.3. The molecule has 0 aliphatic heterocycles. The van der Waals surface area contributed by atoms with E-state index >= 15 is 0 Å². The lowest BCUT2D eigenvalue weighted by atomic mass is 10.2. The van der Waals surface area contributed by atoms with E-state index in [0.717, 1.165) is 0 Å². The maximum Gasteiger partial charge on any atom is 0.412 e. The molecule has 0 aliphatic carbocycles. The first-order valence-electron chi connectivity index (χ1n) is 8.12. The van der Waals surface area contributed by atoms with Gasteiger partial charge in [-0.1, -0.05) is 6.07 Å². The van der Waals surface area contributed by atoms with Crippen molar-refractivity contribution in [1.82, 2.24) is 0 Å². The van der Waals surface area contributed by atoms with Crippen LogP contribution in [0.4, 0.5) is 26.7 Å². The SMILES string of the molecule is CC(C)(C)OC(=O)Nc1ccc(NC(=O)c2cccc(NC(=O)[O-])c2)cc1. The molecule has 2 aromatic carbocycles. The van der Waals surface area contributed by atoms with E-state index < -0.39 is 23.7 Å². The third-order valence-corrected chi connectivity index (χ3v) is 3.16. The molecule has 0 atom stereocenters. The molecule has 3 N–H and O–H groups in total. The fourth-order valence-electron chi connectivity index (χ4n) is 2.12. The van der Waals surface area contributed by atoms with Gasteiger partial charge >= 0.3 is 6.09 Å². The van der Waals surface area contributed by atoms with E-state index in [9.17, 15) is 19.5 Å². The summed E-state index contributed by atoms with van der Waals surface area (Å²) in [6.45, 7) is 5.30. The van der Waals surface area contributed by atoms with Crippen molar-refractivity contribution in [2.24, 2.45) is 0 Å². The van der Waals surface area contributed by atoms with Crippen LogP contribution in [0, 0.1) is 0 Å². The molecule has 0 aliphatic rings. The predicted molar refractivity (Wildman–Crippen MR) is 99.7 cm³/mol. The first kappa shape index (κ1) is 19.8. The van der Waals surface area contributed by atoms with Gasteiger partial charge in [-0.05, 0) is 63.2 Å². The van der Waals surface area contributed by atoms with Crippen molar-refractivity contribution in [1.29, 1.82) is 0 Å². The van der Waals surface area contributed by atoms with Gasteiger partial charge in [-0.2, -0.15) is 0 Å². The van der Waals surface area contributed by atoms with Crippen LogP contribution in [0.5, 0.6) is 0 Å². The highest BCUT2D eigenvalue weighted by Gasteiger charge is 2.16. The molecule has 0 bridgehead atoms. The highest BCUT2D eigenvalue weighted by molar-refractivity contribution is 6.05. The molecule has 0 aromatic heterocycles. The summed E-state index contributed by atoms with van der Waals surface area (Å²) >= 11 is 0. The molecule has 0 fully saturated rings. The van der Waals surface area contributed by atoms with Crippen LogP contribution in [-0.4, -0.2) is 23.7 Å². The van der Waals surface area contributed by atoms with Crippen LogP contribution < -0.4 is 21.1 Å². The number of nitrogens with one attached hydrogen (secondary N) is 3. The summed E-state index contributed by atoms with van der Waals surface area (Å²) in [5, 5.41) is 17.9. The second-order valence-corrected chi connectivity index (χ2v) is 6.65. The van der Waals surface area contributed by atoms with E-state index in [0.29, 0.717) is 11.4 Å². The lowest BCUT2D eigenvalue weighted by molar-refractivity contribution is -0.242. The Morgan fingerprint density at radius 1 is 0.852 bits per heavy atom. The highest BCUT2D eigenvalue weighted by atomic mass is 16.6. The number of carbonyl (C=O) groups is 3. The van der Waals surface area contributed by atoms with E-state index in [4.69, 9.17) is 4.74 Å². The molecular formula is C19H20N3O5-. The van der Waals surface area contributed by atoms with Crippen LogP contribution in [-0.2, 0) is 4.74 Å². The molecule has 8 nitrogen and oxygen atoms in total. The van der Waals surface area contributed by atoms with Gasteiger partial charge in [0, 0.05) is 22.6 Å². The minimum absolute atomic E-state index is 0.236. The zero-order chi connectivity index (χ0) is 20.0. The van der Waals surface area contributed by atoms with E-state index in [1.165, 1.54) is 12.1 Å². The van der Waals surface area contributed by atoms with Crippen molar-refractivity contribution in [3.63, 3.8) is 0 Å². The monoisotopic (exact) mass is 370 g/mol. The molecule has 142 valence electrons. The highest BCUT2D eigenvalue weighted by Crippen LogP contribution is 2.17. The average molecular weight is 370 g/mol. The van der Waals surface area contributed by atoms with Crippen molar-refractivity contribution in [2.75, 3.05) is 16.0 Å². The minimum atomic E-state index is -1.46. The van der Waals surface area contributed by atoms with Crippen LogP contribution in [0.15, 0.2) is 48.5 Å². The molecule has 0 saturated carbocycles. The van der Waals surface area contributed by atoms with E-state index in [-0.39, 0.29) is 11.3 Å². The maximum absolute atomic E-state index is 12.3. The Hall–Kier alpha value is -3.55. The van der Waals surface area contributed by atoms with Crippen molar-refractivity contribution < 1.29 is 24.2 Å². The Balaban J connectivity index is 1.99. The molecule has 2 aromatic rings. The van der Waals surface area contributed by atoms with E-state index in [1.807, 2.05) is 0 Å². The van der Waals surface area contributed by atoms with Gasteiger partial charge in [0.2, 0.25) is 0 Å². The Morgan fingerprint density at radius 3 is 2.00 bits per heavy atom. The Morgan fingerprint density at radius 2 is 1.44 bits per heavy atom. The molecule has 2 rings (SSSR count). The number of benzene rings is 2. The van der Waals surface area contributed by atoms with Crippen LogP contribution in [0.3, 0.4) is 0 Å². The molecule has 0 unspecified atom stereocenters. The van der Waals surface area contributed by atoms with Crippen LogP contribution in [0.25, 0.3) is 0 Å². The summed E-state index contributed by atoms with van der Waals surface area (Å²) < 4.78 is 5.16. The van der Waals surface area contributed by atoms with E-state index in [1.54, 1.807) is 57.2 Å². The van der Waals surface area contributed by atoms with E-state index in [2.05, 4.69) is 16.0 Å². The third kappa shape index (κ3) is 6.69. The van der Waals surface area contributed by atoms with Gasteiger partial charge < -0.3 is 25.3 Å². The average Bonchev–Trinajstić information content (AvgIpc) is 2.54. The Labute approximate surface area is 156 Å². The third-order valence-electron chi connectivity index (χ3n) is 3.16. The summed E-state index contributed by atoms with van der Waals surface area (Å²) in [4.78, 5) is 34.6. The zero-order valence-corrected chi connectivity index (χ0v) is 15.2. The van der Waals surface area contributed by atoms with Gasteiger partial charge in [-0.15, -0.1) is 0 Å². The van der Waals surface area contributed by atoms with Crippen LogP contribution in [0.1, 0.15) is 31.1 Å². The fourth-order valence-corrected chi connectivity index (χ4v) is 2.12. The van der Waals surface area contributed by atoms with Crippen molar-refractivity contribution >= 4 is 35.2 Å². The van der Waals surface area contributed by atoms with Crippen LogP contribution in [0.2, 0.25) is 0 Å². The largest absolute Gasteiger partial charge is 0.530 e. The number of ether oxygens (including phenoxy) is 1. The zero-order valence-electron chi connectivity index (χ0n) is 15.2. The standard InChI is InChI=1S/C19H21N3O5/c1-19(2,3)27-18(26)22-14-9-7-13(8-10-14)20-16(23)12-5-4-6-15(11-12)21-17(24)25/h4-11,21H,1-3H3,(H,20,23)(H,22,26)(H,24,25)/p-1. The molecule has 0 saturated heterocycles. The number of carbonyl (C=O) groups excluding carboxylic acids is 3. The number of anilines is 3. The lowest BCUT2D eigenvalue weighted by Crippen LogP contribution is -2.28. The topological polar surface area (TPSA) is 120 Å². The molecule has 3 amide bonds. The number of hydrogen-bond donors (Lipinski definition) is 3. The Kier molecular flexibility index (Phi) is 6.02. The smallest absolute Gasteiger partial charge is 0.412 e. The molecular weight excluding hydrogens is 350 g/mol. The van der Waals surface area contributed by atoms with Crippen molar-refractivity contribution in [3.05, 3.63) is 54.1 Å². The number of rotatable bonds is 4. The van der Waals surface area contributed by atoms with Gasteiger partial charge in [0.1, 0.15) is 11.7 Å². The number of carboxylic acid groups (broad SMARTS) is 1. The van der Waals surface area contributed by atoms with Crippen LogP contribution >= 0.6 is 0 Å². The van der Waals surface area contributed by atoms with Crippen molar-refractivity contribution in [2.45, 2.75) is 26.4 Å². The molecule has 8 heteroatoms. The summed E-state index contributed by atoms with van der Waals surface area (Å²) in [5.74, 6) is -0.412. The molecule has 0 radical (unpaired) electrons. The first-order valence-corrected chi connectivity index (χ1v) is 8.12. The number of hydrogen-bond acceptors (Lipinski definition) is 5. The second-order valence-electron chi connectivity index (χ2n) is 6.65. The van der Waals surface area contributed by atoms with Gasteiger partial charge in [0.15, 0.2) is 0 Å².